The van der Waals surface area contributed by atoms with Crippen LogP contribution in [0.2, 0.25) is 0 Å². The monoisotopic (exact) mass is 275 g/mol. The van der Waals surface area contributed by atoms with Crippen LogP contribution in [0.25, 0.3) is 0 Å². The van der Waals surface area contributed by atoms with Crippen molar-refractivity contribution in [1.29, 1.82) is 0 Å². The standard InChI is InChI=1S/C10H14ClN3O2S/c1-2-14-9(8-6-4-3-5-7(6)8)12-13-10(14)17(11,15)16/h6-8H,2-5H2,1H3. The van der Waals surface area contributed by atoms with Gasteiger partial charge in [-0.3, -0.25) is 0 Å². The van der Waals surface area contributed by atoms with E-state index < -0.39 is 9.05 Å². The molecule has 1 aromatic rings. The van der Waals surface area contributed by atoms with Gasteiger partial charge in [0.25, 0.3) is 14.2 Å². The van der Waals surface area contributed by atoms with Gasteiger partial charge in [0.15, 0.2) is 0 Å². The fourth-order valence-electron chi connectivity index (χ4n) is 3.23. The van der Waals surface area contributed by atoms with E-state index in [1.54, 1.807) is 4.57 Å². The van der Waals surface area contributed by atoms with Crippen LogP contribution in [0.3, 0.4) is 0 Å². The molecule has 1 heterocycles. The van der Waals surface area contributed by atoms with Gasteiger partial charge in [0.2, 0.25) is 0 Å². The highest BCUT2D eigenvalue weighted by molar-refractivity contribution is 8.13. The first-order valence-corrected chi connectivity index (χ1v) is 8.22. The minimum absolute atomic E-state index is 0.110. The topological polar surface area (TPSA) is 64.8 Å². The number of hydrogen-bond donors (Lipinski definition) is 0. The van der Waals surface area contributed by atoms with Crippen LogP contribution in [0.1, 0.15) is 37.9 Å². The summed E-state index contributed by atoms with van der Waals surface area (Å²) in [5, 5.41) is 7.68. The van der Waals surface area contributed by atoms with Crippen molar-refractivity contribution >= 4 is 19.7 Å². The Balaban J connectivity index is 1.99. The number of halogens is 1. The lowest BCUT2D eigenvalue weighted by atomic mass is 10.1. The van der Waals surface area contributed by atoms with Gasteiger partial charge in [-0.2, -0.15) is 0 Å². The van der Waals surface area contributed by atoms with E-state index in [4.69, 9.17) is 10.7 Å². The van der Waals surface area contributed by atoms with Crippen molar-refractivity contribution in [3.63, 3.8) is 0 Å². The molecule has 3 rings (SSSR count). The van der Waals surface area contributed by atoms with Crippen LogP contribution >= 0.6 is 10.7 Å². The molecule has 17 heavy (non-hydrogen) atoms. The first-order chi connectivity index (χ1) is 8.04. The molecular formula is C10H14ClN3O2S. The van der Waals surface area contributed by atoms with E-state index in [0.717, 1.165) is 5.82 Å². The average molecular weight is 276 g/mol. The van der Waals surface area contributed by atoms with E-state index in [1.807, 2.05) is 6.92 Å². The highest BCUT2D eigenvalue weighted by atomic mass is 35.7. The van der Waals surface area contributed by atoms with Crippen LogP contribution in [-0.2, 0) is 15.6 Å². The second-order valence-electron chi connectivity index (χ2n) is 4.81. The summed E-state index contributed by atoms with van der Waals surface area (Å²) >= 11 is 0. The normalized spacial score (nSPS) is 31.5. The number of aromatic nitrogens is 3. The molecule has 2 atom stereocenters. The fourth-order valence-corrected chi connectivity index (χ4v) is 4.20. The number of fused-ring (bicyclic) bond motifs is 1. The Morgan fingerprint density at radius 1 is 1.35 bits per heavy atom. The van der Waals surface area contributed by atoms with Crippen molar-refractivity contribution in [3.05, 3.63) is 5.82 Å². The molecule has 0 aliphatic heterocycles. The summed E-state index contributed by atoms with van der Waals surface area (Å²) in [6.45, 7) is 2.43. The van der Waals surface area contributed by atoms with Gasteiger partial charge >= 0.3 is 0 Å². The summed E-state index contributed by atoms with van der Waals surface area (Å²) in [7, 11) is 1.56. The maximum Gasteiger partial charge on any atom is 0.296 e. The van der Waals surface area contributed by atoms with Gasteiger partial charge in [0.05, 0.1) is 0 Å². The van der Waals surface area contributed by atoms with Gasteiger partial charge in [0, 0.05) is 23.1 Å². The largest absolute Gasteiger partial charge is 0.301 e. The van der Waals surface area contributed by atoms with Gasteiger partial charge in [-0.1, -0.05) is 6.42 Å². The SMILES string of the molecule is CCn1c(C2C3CCCC32)nnc1S(=O)(=O)Cl. The Morgan fingerprint density at radius 3 is 2.53 bits per heavy atom. The van der Waals surface area contributed by atoms with Crippen molar-refractivity contribution in [2.75, 3.05) is 0 Å². The minimum Gasteiger partial charge on any atom is -0.301 e. The van der Waals surface area contributed by atoms with Crippen molar-refractivity contribution in [3.8, 4) is 0 Å². The van der Waals surface area contributed by atoms with Crippen LogP contribution in [0.4, 0.5) is 0 Å². The molecule has 0 saturated heterocycles. The summed E-state index contributed by atoms with van der Waals surface area (Å²) in [5.74, 6) is 2.59. The Labute approximate surface area is 105 Å². The quantitative estimate of drug-likeness (QED) is 0.788. The number of hydrogen-bond acceptors (Lipinski definition) is 4. The zero-order chi connectivity index (χ0) is 12.2. The van der Waals surface area contributed by atoms with E-state index in [0.29, 0.717) is 24.3 Å². The second-order valence-corrected chi connectivity index (χ2v) is 7.27. The molecular weight excluding hydrogens is 262 g/mol. The summed E-state index contributed by atoms with van der Waals surface area (Å²) < 4.78 is 24.4. The lowest BCUT2D eigenvalue weighted by Crippen LogP contribution is -2.08. The Hall–Kier alpha value is -0.620. The minimum atomic E-state index is -3.79. The van der Waals surface area contributed by atoms with Crippen molar-refractivity contribution < 1.29 is 8.42 Å². The predicted molar refractivity (Wildman–Crippen MR) is 62.3 cm³/mol. The van der Waals surface area contributed by atoms with E-state index >= 15 is 0 Å². The Morgan fingerprint density at radius 2 is 2.00 bits per heavy atom. The molecule has 2 aliphatic rings. The molecule has 2 aliphatic carbocycles. The fraction of sp³-hybridized carbons (Fsp3) is 0.800. The predicted octanol–water partition coefficient (Wildman–Crippen LogP) is 1.74. The zero-order valence-corrected chi connectivity index (χ0v) is 11.1. The third kappa shape index (κ3) is 1.69. The first kappa shape index (κ1) is 11.5. The van der Waals surface area contributed by atoms with Crippen LogP contribution < -0.4 is 0 Å². The molecule has 94 valence electrons. The maximum absolute atomic E-state index is 11.4. The van der Waals surface area contributed by atoms with E-state index in [2.05, 4.69) is 10.2 Å². The molecule has 2 unspecified atom stereocenters. The molecule has 1 aromatic heterocycles. The van der Waals surface area contributed by atoms with Crippen molar-refractivity contribution in [2.24, 2.45) is 11.8 Å². The third-order valence-electron chi connectivity index (χ3n) is 3.98. The molecule has 7 heteroatoms. The molecule has 2 fully saturated rings. The second kappa shape index (κ2) is 3.68. The van der Waals surface area contributed by atoms with Gasteiger partial charge < -0.3 is 4.57 Å². The van der Waals surface area contributed by atoms with Crippen LogP contribution in [0, 0.1) is 11.8 Å². The third-order valence-corrected chi connectivity index (χ3v) is 5.14. The molecule has 0 aromatic carbocycles. The van der Waals surface area contributed by atoms with Crippen molar-refractivity contribution in [1.82, 2.24) is 14.8 Å². The maximum atomic E-state index is 11.4. The molecule has 0 radical (unpaired) electrons. The van der Waals surface area contributed by atoms with E-state index in [1.165, 1.54) is 19.3 Å². The molecule has 0 amide bonds. The average Bonchev–Trinajstić information content (AvgIpc) is 2.72. The molecule has 2 saturated carbocycles. The lowest BCUT2D eigenvalue weighted by molar-refractivity contribution is 0.563. The lowest BCUT2D eigenvalue weighted by Gasteiger charge is -2.06. The molecule has 5 nitrogen and oxygen atoms in total. The molecule has 0 spiro atoms. The highest BCUT2D eigenvalue weighted by Crippen LogP contribution is 2.62. The molecule has 0 N–H and O–H groups in total. The van der Waals surface area contributed by atoms with Crippen molar-refractivity contribution in [2.45, 2.75) is 43.8 Å². The smallest absolute Gasteiger partial charge is 0.296 e. The summed E-state index contributed by atoms with van der Waals surface area (Å²) in [6.07, 6.45) is 3.75. The first-order valence-electron chi connectivity index (χ1n) is 5.91. The van der Waals surface area contributed by atoms with E-state index in [9.17, 15) is 8.42 Å². The van der Waals surface area contributed by atoms with Gasteiger partial charge in [-0.05, 0) is 31.6 Å². The van der Waals surface area contributed by atoms with Gasteiger partial charge in [-0.15, -0.1) is 10.2 Å². The van der Waals surface area contributed by atoms with Gasteiger partial charge in [-0.25, -0.2) is 8.42 Å². The summed E-state index contributed by atoms with van der Waals surface area (Å²) in [4.78, 5) is 0. The Kier molecular flexibility index (Phi) is 2.49. The highest BCUT2D eigenvalue weighted by Gasteiger charge is 2.55. The Bertz CT molecular complexity index is 544. The summed E-state index contributed by atoms with van der Waals surface area (Å²) in [5.41, 5.74) is 0. The zero-order valence-electron chi connectivity index (χ0n) is 9.50. The van der Waals surface area contributed by atoms with Crippen LogP contribution in [0.15, 0.2) is 5.16 Å². The van der Waals surface area contributed by atoms with Gasteiger partial charge in [0.1, 0.15) is 5.82 Å². The number of rotatable bonds is 3. The van der Waals surface area contributed by atoms with Crippen LogP contribution in [-0.4, -0.2) is 23.2 Å². The number of nitrogens with zero attached hydrogens (tertiary/aromatic N) is 3. The van der Waals surface area contributed by atoms with E-state index in [-0.39, 0.29) is 5.16 Å². The summed E-state index contributed by atoms with van der Waals surface area (Å²) in [6, 6.07) is 0. The molecule has 0 bridgehead atoms. The van der Waals surface area contributed by atoms with Crippen LogP contribution in [0.5, 0.6) is 0 Å².